The van der Waals surface area contributed by atoms with Crippen LogP contribution in [0.5, 0.6) is 0 Å². The van der Waals surface area contributed by atoms with Crippen LogP contribution < -0.4 is 4.90 Å². The van der Waals surface area contributed by atoms with Gasteiger partial charge in [-0.05, 0) is 37.2 Å². The van der Waals surface area contributed by atoms with Crippen molar-refractivity contribution >= 4 is 22.7 Å². The summed E-state index contributed by atoms with van der Waals surface area (Å²) in [6, 6.07) is 6.54. The van der Waals surface area contributed by atoms with E-state index in [0.717, 1.165) is 6.42 Å². The van der Waals surface area contributed by atoms with Crippen molar-refractivity contribution in [1.29, 1.82) is 0 Å². The predicted molar refractivity (Wildman–Crippen MR) is 87.7 cm³/mol. The average molecular weight is 298 g/mol. The van der Waals surface area contributed by atoms with Crippen LogP contribution in [0.1, 0.15) is 42.7 Å². The van der Waals surface area contributed by atoms with Crippen molar-refractivity contribution in [3.63, 3.8) is 0 Å². The Hall–Kier alpha value is -1.97. The van der Waals surface area contributed by atoms with E-state index in [-0.39, 0.29) is 6.42 Å². The van der Waals surface area contributed by atoms with Gasteiger partial charge in [-0.15, -0.1) is 0 Å². The largest absolute Gasteiger partial charge is 0.481 e. The van der Waals surface area contributed by atoms with Crippen LogP contribution in [0, 0.1) is 0 Å². The van der Waals surface area contributed by atoms with Crippen LogP contribution in [-0.4, -0.2) is 28.7 Å². The van der Waals surface area contributed by atoms with Crippen LogP contribution in [-0.2, 0) is 18.3 Å². The molecule has 1 saturated heterocycles. The van der Waals surface area contributed by atoms with Gasteiger partial charge in [-0.3, -0.25) is 4.79 Å². The summed E-state index contributed by atoms with van der Waals surface area (Å²) in [6.45, 7) is 2.35. The van der Waals surface area contributed by atoms with Crippen LogP contribution in [0.2, 0.25) is 0 Å². The van der Waals surface area contributed by atoms with Crippen LogP contribution in [0.15, 0.2) is 18.2 Å². The second-order valence-corrected chi connectivity index (χ2v) is 6.62. The molecule has 0 radical (unpaired) electrons. The maximum absolute atomic E-state index is 10.8. The molecule has 116 valence electrons. The van der Waals surface area contributed by atoms with Crippen molar-refractivity contribution < 1.29 is 9.90 Å². The second kappa shape index (κ2) is 5.04. The summed E-state index contributed by atoms with van der Waals surface area (Å²) in [7, 11) is 2.17. The first kappa shape index (κ1) is 13.7. The van der Waals surface area contributed by atoms with Gasteiger partial charge < -0.3 is 14.6 Å². The van der Waals surface area contributed by atoms with Gasteiger partial charge in [0.25, 0.3) is 0 Å². The summed E-state index contributed by atoms with van der Waals surface area (Å²) in [5.41, 5.74) is 4.14. The molecule has 0 amide bonds. The Morgan fingerprint density at radius 3 is 2.82 bits per heavy atom. The topological polar surface area (TPSA) is 45.5 Å². The Balaban J connectivity index is 1.81. The number of anilines is 1. The Morgan fingerprint density at radius 1 is 1.32 bits per heavy atom. The minimum atomic E-state index is -0.706. The number of carboxylic acid groups (broad SMARTS) is 1. The molecule has 0 unspecified atom stereocenters. The number of benzene rings is 1. The molecule has 1 aromatic carbocycles. The molecule has 3 aliphatic heterocycles. The molecule has 0 saturated carbocycles. The van der Waals surface area contributed by atoms with Crippen molar-refractivity contribution in [2.24, 2.45) is 7.05 Å². The molecule has 22 heavy (non-hydrogen) atoms. The van der Waals surface area contributed by atoms with Crippen molar-refractivity contribution in [2.75, 3.05) is 18.0 Å². The maximum atomic E-state index is 10.8. The summed E-state index contributed by atoms with van der Waals surface area (Å²) in [5, 5.41) is 10.2. The highest BCUT2D eigenvalue weighted by molar-refractivity contribution is 5.94. The van der Waals surface area contributed by atoms with E-state index in [1.54, 1.807) is 0 Å². The summed E-state index contributed by atoms with van der Waals surface area (Å²) >= 11 is 0. The van der Waals surface area contributed by atoms with Gasteiger partial charge in [0.15, 0.2) is 0 Å². The number of nitrogens with zero attached hydrogens (tertiary/aromatic N) is 2. The van der Waals surface area contributed by atoms with Crippen LogP contribution >= 0.6 is 0 Å². The zero-order valence-electron chi connectivity index (χ0n) is 13.0. The number of aryl methyl sites for hydroxylation is 2. The summed E-state index contributed by atoms with van der Waals surface area (Å²) in [4.78, 5) is 13.3. The van der Waals surface area contributed by atoms with E-state index in [2.05, 4.69) is 34.7 Å². The first-order chi connectivity index (χ1) is 10.7. The first-order valence-corrected chi connectivity index (χ1v) is 8.23. The lowest BCUT2D eigenvalue weighted by Crippen LogP contribution is -2.39. The minimum Gasteiger partial charge on any atom is -0.481 e. The molecule has 4 heterocycles. The smallest absolute Gasteiger partial charge is 0.303 e. The number of rotatable bonds is 4. The van der Waals surface area contributed by atoms with Crippen molar-refractivity contribution in [3.05, 3.63) is 29.3 Å². The van der Waals surface area contributed by atoms with Gasteiger partial charge in [0.05, 0.1) is 5.52 Å². The van der Waals surface area contributed by atoms with E-state index in [9.17, 15) is 4.79 Å². The number of aliphatic carboxylic acids is 1. The van der Waals surface area contributed by atoms with Gasteiger partial charge in [0.2, 0.25) is 0 Å². The van der Waals surface area contributed by atoms with E-state index in [1.807, 2.05) is 0 Å². The Bertz CT molecular complexity index is 739. The molecule has 4 nitrogen and oxygen atoms in total. The van der Waals surface area contributed by atoms with Crippen molar-refractivity contribution in [2.45, 2.75) is 38.0 Å². The zero-order chi connectivity index (χ0) is 15.3. The number of hydrogen-bond acceptors (Lipinski definition) is 2. The summed E-state index contributed by atoms with van der Waals surface area (Å²) in [5.74, 6) is 1.41. The number of piperidine rings is 1. The van der Waals surface area contributed by atoms with Crippen molar-refractivity contribution in [1.82, 2.24) is 4.57 Å². The van der Waals surface area contributed by atoms with Crippen LogP contribution in [0.4, 0.5) is 5.82 Å². The highest BCUT2D eigenvalue weighted by Crippen LogP contribution is 2.47. The fourth-order valence-electron chi connectivity index (χ4n) is 4.41. The molecule has 0 aliphatic carbocycles. The van der Waals surface area contributed by atoms with Gasteiger partial charge in [-0.1, -0.05) is 18.2 Å². The molecular weight excluding hydrogens is 276 g/mol. The second-order valence-electron chi connectivity index (χ2n) is 6.62. The molecule has 0 atom stereocenters. The van der Waals surface area contributed by atoms with Crippen molar-refractivity contribution in [3.8, 4) is 0 Å². The Kier molecular flexibility index (Phi) is 3.13. The highest BCUT2D eigenvalue weighted by atomic mass is 16.4. The third-order valence-electron chi connectivity index (χ3n) is 5.34. The highest BCUT2D eigenvalue weighted by Gasteiger charge is 2.35. The first-order valence-electron chi connectivity index (χ1n) is 8.23. The number of carbonyl (C=O) groups is 1. The van der Waals surface area contributed by atoms with Gasteiger partial charge in [0, 0.05) is 37.5 Å². The normalized spacial score (nSPS) is 17.2. The molecule has 2 bridgehead atoms. The third-order valence-corrected chi connectivity index (χ3v) is 5.34. The van der Waals surface area contributed by atoms with Crippen LogP contribution in [0.25, 0.3) is 10.9 Å². The van der Waals surface area contributed by atoms with E-state index < -0.39 is 5.97 Å². The SMILES string of the molecule is Cn1c2c(c3cccc(CCCC(=O)O)c31)C1CCN2CC1. The minimum absolute atomic E-state index is 0.245. The predicted octanol–water partition coefficient (Wildman–Crippen LogP) is 3.28. The fraction of sp³-hybridized carbons (Fsp3) is 0.500. The van der Waals surface area contributed by atoms with Gasteiger partial charge in [0.1, 0.15) is 5.82 Å². The fourth-order valence-corrected chi connectivity index (χ4v) is 4.41. The third kappa shape index (κ3) is 1.93. The van der Waals surface area contributed by atoms with E-state index in [1.165, 1.54) is 53.8 Å². The molecule has 1 aromatic heterocycles. The standard InChI is InChI=1S/C18H22N2O2/c1-19-17-13(5-3-7-15(21)22)4-2-6-14(17)16-12-8-10-20(11-9-12)18(16)19/h2,4,6,12H,3,5,7-11H2,1H3,(H,21,22). The zero-order valence-corrected chi connectivity index (χ0v) is 13.0. The lowest BCUT2D eigenvalue weighted by Gasteiger charge is -2.41. The molecule has 5 rings (SSSR count). The number of hydrogen-bond donors (Lipinski definition) is 1. The quantitative estimate of drug-likeness (QED) is 0.942. The number of para-hydroxylation sites is 1. The van der Waals surface area contributed by atoms with Gasteiger partial charge in [-0.25, -0.2) is 0 Å². The number of fused-ring (bicyclic) bond motifs is 3. The lowest BCUT2D eigenvalue weighted by atomic mass is 9.84. The van der Waals surface area contributed by atoms with E-state index in [4.69, 9.17) is 5.11 Å². The number of aromatic nitrogens is 1. The average Bonchev–Trinajstić information content (AvgIpc) is 2.85. The van der Waals surface area contributed by atoms with Crippen LogP contribution in [0.3, 0.4) is 0 Å². The molecule has 3 aliphatic rings. The van der Waals surface area contributed by atoms with Gasteiger partial charge in [-0.2, -0.15) is 0 Å². The number of carboxylic acids is 1. The maximum Gasteiger partial charge on any atom is 0.303 e. The summed E-state index contributed by atoms with van der Waals surface area (Å²) < 4.78 is 2.35. The molecular formula is C18H22N2O2. The lowest BCUT2D eigenvalue weighted by molar-refractivity contribution is -0.137. The summed E-state index contributed by atoms with van der Waals surface area (Å²) in [6.07, 6.45) is 4.34. The Labute approximate surface area is 130 Å². The molecule has 2 aromatic rings. The van der Waals surface area contributed by atoms with Gasteiger partial charge >= 0.3 is 5.97 Å². The monoisotopic (exact) mass is 298 g/mol. The molecule has 4 heteroatoms. The van der Waals surface area contributed by atoms with E-state index in [0.29, 0.717) is 12.3 Å². The Morgan fingerprint density at radius 2 is 2.09 bits per heavy atom. The molecule has 1 fully saturated rings. The molecule has 1 N–H and O–H groups in total. The molecule has 0 spiro atoms. The van der Waals surface area contributed by atoms with E-state index >= 15 is 0 Å².